The number of Topliss-reactive ketones (excluding diaryl/α,β-unsaturated/α-hetero) is 1. The number of hydrogen-bond acceptors (Lipinski definition) is 17. The average molecular weight is 1440 g/mol. The Morgan fingerprint density at radius 2 is 1.48 bits per heavy atom. The van der Waals surface area contributed by atoms with Crippen LogP contribution in [0.3, 0.4) is 0 Å². The van der Waals surface area contributed by atoms with Gasteiger partial charge in [0, 0.05) is 71.8 Å². The zero-order chi connectivity index (χ0) is 75.4. The number of ether oxygens (including phenoxy) is 2. The molecule has 7 N–H and O–H groups in total. The number of allylic oxidation sites excluding steroid dienone is 1. The molecule has 8 aliphatic rings. The number of rotatable bonds is 18. The number of para-hydroxylation sites is 2. The predicted octanol–water partition coefficient (Wildman–Crippen LogP) is 13.2. The molecule has 2 bridgehead atoms. The van der Waals surface area contributed by atoms with E-state index in [0.717, 1.165) is 98.6 Å². The third-order valence-electron chi connectivity index (χ3n) is 22.2. The number of ketones is 1. The van der Waals surface area contributed by atoms with E-state index >= 15 is 0 Å². The molecule has 21 heteroatoms. The highest BCUT2D eigenvalue weighted by atomic mass is 32.2. The minimum absolute atomic E-state index is 0.0454. The molecular weight excluding hydrogens is 1340 g/mol. The minimum atomic E-state index is -1.20. The first-order valence-corrected chi connectivity index (χ1v) is 37.4. The van der Waals surface area contributed by atoms with Gasteiger partial charge in [0.2, 0.25) is 11.8 Å². The fourth-order valence-corrected chi connectivity index (χ4v) is 17.0. The first-order valence-electron chi connectivity index (χ1n) is 36.6. The molecule has 6 aromatic rings. The number of anilines is 2. The fraction of sp³-hybridized carbons (Fsp3) is 0.482. The Labute approximate surface area is 617 Å². The molecule has 2 saturated heterocycles. The van der Waals surface area contributed by atoms with Crippen molar-refractivity contribution in [2.24, 2.45) is 29.1 Å². The van der Waals surface area contributed by atoms with Gasteiger partial charge < -0.3 is 49.7 Å². The van der Waals surface area contributed by atoms with Gasteiger partial charge >= 0.3 is 18.0 Å². The normalized spacial score (nSPS) is 23.7. The number of aromatic nitrogens is 1. The van der Waals surface area contributed by atoms with Gasteiger partial charge in [-0.2, -0.15) is 0 Å². The first-order chi connectivity index (χ1) is 49.6. The molecule has 20 nitrogen and oxygen atoms in total. The van der Waals surface area contributed by atoms with E-state index in [1.807, 2.05) is 80.2 Å². The largest absolute Gasteiger partial charge is 0.504 e. The third-order valence-corrected chi connectivity index (χ3v) is 23.3. The van der Waals surface area contributed by atoms with E-state index < -0.39 is 63.8 Å². The van der Waals surface area contributed by atoms with Crippen molar-refractivity contribution in [3.63, 3.8) is 0 Å². The number of hydrogen-bond donors (Lipinski definition) is 7. The topological polar surface area (TPSA) is 272 Å². The lowest BCUT2D eigenvalue weighted by atomic mass is 9.49. The van der Waals surface area contributed by atoms with Crippen molar-refractivity contribution in [2.75, 3.05) is 66.4 Å². The summed E-state index contributed by atoms with van der Waals surface area (Å²) in [5.41, 5.74) is 4.54. The molecule has 1 spiro atoms. The average Bonchev–Trinajstić information content (AvgIpc) is 1.43. The SMILES string of the molecule is C=CCC1(C(C)CC)C(=O)NC(=O)NC1=O.CC(C)Cc1ccc(C(C)C(=O)O)cc1.CC(CN1c2ccccc2Sc2ccccc21)N(C)C.COc1cccc([C@@]2(O)CCCC[C@@H]2CN(C)C)c1.O=C(O)c1cccnc1.O=C1CC[C@@]2(O)[C@H]3Cc4ccc(O)c5c4[C@@]2(CCN3CC2CC2)[C@H]1O5. The van der Waals surface area contributed by atoms with Gasteiger partial charge in [-0.15, -0.1) is 6.58 Å². The smallest absolute Gasteiger partial charge is 0.337 e. The summed E-state index contributed by atoms with van der Waals surface area (Å²) in [6.07, 6.45) is 14.9. The summed E-state index contributed by atoms with van der Waals surface area (Å²) in [5.74, 6) is -0.215. The lowest BCUT2D eigenvalue weighted by Gasteiger charge is -2.62. The van der Waals surface area contributed by atoms with Crippen LogP contribution in [0.4, 0.5) is 16.2 Å². The summed E-state index contributed by atoms with van der Waals surface area (Å²) in [5, 5.41) is 55.0. The van der Waals surface area contributed by atoms with Crippen LogP contribution in [0.25, 0.3) is 0 Å². The number of benzene rings is 5. The number of aromatic hydroxyl groups is 1. The van der Waals surface area contributed by atoms with E-state index in [1.54, 1.807) is 26.2 Å². The van der Waals surface area contributed by atoms with Gasteiger partial charge in [0.1, 0.15) is 11.2 Å². The van der Waals surface area contributed by atoms with Crippen LogP contribution in [0.1, 0.15) is 156 Å². The molecule has 1 aromatic heterocycles. The molecular formula is C83H107N7O13S. The summed E-state index contributed by atoms with van der Waals surface area (Å²) in [6, 6.07) is 39.6. The molecule has 558 valence electrons. The van der Waals surface area contributed by atoms with Crippen LogP contribution in [-0.2, 0) is 43.0 Å². The molecule has 4 aliphatic carbocycles. The van der Waals surface area contributed by atoms with Gasteiger partial charge in [-0.3, -0.25) is 39.7 Å². The molecule has 5 aromatic carbocycles. The number of carboxylic acids is 2. The Bertz CT molecular complexity index is 3930. The maximum Gasteiger partial charge on any atom is 0.337 e. The number of piperidine rings is 1. The second kappa shape index (κ2) is 34.6. The van der Waals surface area contributed by atoms with E-state index in [9.17, 15) is 44.1 Å². The first kappa shape index (κ1) is 79.7. The number of pyridine rings is 1. The zero-order valence-corrected chi connectivity index (χ0v) is 63.1. The Kier molecular flexibility index (Phi) is 26.5. The van der Waals surface area contributed by atoms with Crippen molar-refractivity contribution in [1.29, 1.82) is 0 Å². The summed E-state index contributed by atoms with van der Waals surface area (Å²) < 4.78 is 11.3. The Hall–Kier alpha value is -8.44. The predicted molar refractivity (Wildman–Crippen MR) is 405 cm³/mol. The van der Waals surface area contributed by atoms with Gasteiger partial charge in [-0.1, -0.05) is 132 Å². The fourth-order valence-electron chi connectivity index (χ4n) is 15.9. The van der Waals surface area contributed by atoms with Crippen LogP contribution in [-0.4, -0.2) is 166 Å². The van der Waals surface area contributed by atoms with Gasteiger partial charge in [0.15, 0.2) is 23.4 Å². The van der Waals surface area contributed by atoms with E-state index in [1.165, 1.54) is 70.5 Å². The number of aliphatic carboxylic acids is 1. The maximum absolute atomic E-state index is 12.7. The number of amides is 4. The monoisotopic (exact) mass is 1440 g/mol. The third kappa shape index (κ3) is 17.4. The summed E-state index contributed by atoms with van der Waals surface area (Å²) >= 11 is 1.87. The van der Waals surface area contributed by atoms with E-state index in [4.69, 9.17) is 19.7 Å². The Morgan fingerprint density at radius 1 is 0.817 bits per heavy atom. The van der Waals surface area contributed by atoms with Gasteiger partial charge in [-0.25, -0.2) is 9.59 Å². The molecule has 4 amide bonds. The number of carboxylic acid groups (broad SMARTS) is 2. The highest BCUT2D eigenvalue weighted by Gasteiger charge is 2.73. The maximum atomic E-state index is 12.7. The number of likely N-dealkylation sites (tertiary alicyclic amines) is 1. The number of fused-ring (bicyclic) bond motifs is 2. The number of likely N-dealkylation sites (N-methyl/N-ethyl adjacent to an activating group) is 1. The Morgan fingerprint density at radius 3 is 2.04 bits per heavy atom. The van der Waals surface area contributed by atoms with Crippen LogP contribution >= 0.6 is 11.8 Å². The molecule has 9 atom stereocenters. The van der Waals surface area contributed by atoms with Crippen molar-refractivity contribution < 1.29 is 63.8 Å². The molecule has 0 radical (unpaired) electrons. The van der Waals surface area contributed by atoms with Crippen molar-refractivity contribution in [2.45, 2.75) is 176 Å². The highest BCUT2D eigenvalue weighted by Crippen LogP contribution is 2.65. The van der Waals surface area contributed by atoms with Crippen LogP contribution in [0.2, 0.25) is 0 Å². The lowest BCUT2D eigenvalue weighted by molar-refractivity contribution is -0.188. The van der Waals surface area contributed by atoms with Gasteiger partial charge in [-0.05, 0) is 201 Å². The van der Waals surface area contributed by atoms with Crippen LogP contribution in [0, 0.1) is 29.1 Å². The molecule has 3 unspecified atom stereocenters. The van der Waals surface area contributed by atoms with Crippen molar-refractivity contribution in [3.8, 4) is 17.2 Å². The second-order valence-corrected chi connectivity index (χ2v) is 31.1. The standard InChI is InChI=1S/C20H23NO4.C17H20N2S.C16H25NO2.C13H18O2.C11H16N2O3.C6H5NO2/c22-13-4-3-12-9-15-20(24)6-5-14(23)18-19(20,16(12)17(13)25-18)7-8-21(15)10-11-1-2-11;1-13(18(2)3)12-19-14-8-4-6-10-16(14)20-17-11-7-5-9-15(17)19;1-17(2)12-14-7-4-5-10-16(14,18)13-8-6-9-15(11-13)19-3;1-9(2)8-11-4-6-12(7-5-11)10(3)13(14)15;1-4-6-11(7(3)5-2)8(14)12-10(16)13-9(11)15;8-6(9)5-2-1-3-7-4-5/h3-4,11,15,18,22,24H,1-2,5-10H2;4-11,13H,12H2,1-3H3;6,8-9,11,14,18H,4-5,7,10,12H2,1-3H3;4-7,9-10H,8H2,1-3H3,(H,14,15);4,7H,1,5-6H2,2-3H3,(H2,12,13,14,15,16);1-4H,(H,8,9)/t15-,18+,19+,20-;;14-,16+;;;/m1.1.../s1. The number of aliphatic hydroxyl groups is 2. The van der Waals surface area contributed by atoms with E-state index in [0.29, 0.717) is 42.9 Å². The number of methoxy groups -OCH3 is 1. The molecule has 5 heterocycles. The number of phenolic OH excluding ortho intramolecular Hbond substituents is 1. The van der Waals surface area contributed by atoms with Crippen LogP contribution in [0.5, 0.6) is 17.2 Å². The molecule has 104 heavy (non-hydrogen) atoms. The van der Waals surface area contributed by atoms with Crippen LogP contribution < -0.4 is 25.0 Å². The van der Waals surface area contributed by atoms with Crippen molar-refractivity contribution in [1.82, 2.24) is 30.3 Å². The lowest BCUT2D eigenvalue weighted by Crippen LogP contribution is -2.76. The zero-order valence-electron chi connectivity index (χ0n) is 62.3. The molecule has 4 aliphatic heterocycles. The Balaban J connectivity index is 0.000000148. The number of nitrogens with zero attached hydrogens (tertiary/aromatic N) is 5. The number of carbonyl (C=O) groups excluding carboxylic acids is 4. The van der Waals surface area contributed by atoms with Crippen LogP contribution in [0.15, 0.2) is 156 Å². The number of carbonyl (C=O) groups is 6. The summed E-state index contributed by atoms with van der Waals surface area (Å²) in [7, 11) is 10.1. The van der Waals surface area contributed by atoms with Gasteiger partial charge in [0.25, 0.3) is 0 Å². The molecule has 5 fully saturated rings. The second-order valence-electron chi connectivity index (χ2n) is 30.0. The number of imide groups is 2. The number of nitrogens with one attached hydrogen (secondary N) is 2. The number of urea groups is 1. The number of phenols is 1. The highest BCUT2D eigenvalue weighted by molar-refractivity contribution is 7.99. The number of barbiturate groups is 1. The van der Waals surface area contributed by atoms with Crippen molar-refractivity contribution >= 4 is 58.7 Å². The van der Waals surface area contributed by atoms with Crippen molar-refractivity contribution in [3.05, 3.63) is 180 Å². The van der Waals surface area contributed by atoms with Gasteiger partial charge in [0.05, 0.1) is 46.6 Å². The van der Waals surface area contributed by atoms with E-state index in [2.05, 4.69) is 139 Å². The summed E-state index contributed by atoms with van der Waals surface area (Å²) in [4.78, 5) is 84.1. The summed E-state index contributed by atoms with van der Waals surface area (Å²) in [6.45, 7) is 19.5. The molecule has 14 rings (SSSR count). The number of aromatic carboxylic acids is 1. The molecule has 3 saturated carbocycles. The quantitative estimate of drug-likeness (QED) is 0.0311. The minimum Gasteiger partial charge on any atom is -0.504 e. The van der Waals surface area contributed by atoms with E-state index in [-0.39, 0.29) is 35.5 Å².